The Balaban J connectivity index is 1.30. The molecule has 0 bridgehead atoms. The number of unbranched alkanes of at least 4 members (excludes halogenated alkanes) is 13. The van der Waals surface area contributed by atoms with Crippen molar-refractivity contribution in [3.05, 3.63) is 40.2 Å². The summed E-state index contributed by atoms with van der Waals surface area (Å²) in [5, 5.41) is 18.0. The van der Waals surface area contributed by atoms with Crippen molar-refractivity contribution >= 4 is 17.3 Å². The standard InChI is InChI=1S/C28H43N5O4/c1-2-3-4-5-6-7-8-9-10-11-12-13-14-15-18-29-27-26(33(34)35)28(32-21-31-27)30-20-23-16-17-24-25(19-23)37-22-36-24/h16-17,19,21H,2-15,18,20,22H2,1H3,(H2,29,30,31,32). The molecule has 9 nitrogen and oxygen atoms in total. The van der Waals surface area contributed by atoms with Crippen molar-refractivity contribution in [2.45, 2.75) is 103 Å². The van der Waals surface area contributed by atoms with Gasteiger partial charge in [-0.05, 0) is 24.1 Å². The molecule has 0 fully saturated rings. The van der Waals surface area contributed by atoms with Crippen LogP contribution in [0.3, 0.4) is 0 Å². The number of nitrogens with zero attached hydrogens (tertiary/aromatic N) is 3. The largest absolute Gasteiger partial charge is 0.454 e. The van der Waals surface area contributed by atoms with Gasteiger partial charge in [0.25, 0.3) is 0 Å². The van der Waals surface area contributed by atoms with Gasteiger partial charge in [0.15, 0.2) is 11.5 Å². The third-order valence-electron chi connectivity index (χ3n) is 6.72. The van der Waals surface area contributed by atoms with E-state index in [0.29, 0.717) is 24.6 Å². The summed E-state index contributed by atoms with van der Waals surface area (Å²) in [6.45, 7) is 3.49. The minimum absolute atomic E-state index is 0.131. The van der Waals surface area contributed by atoms with E-state index in [9.17, 15) is 10.1 Å². The fourth-order valence-corrected chi connectivity index (χ4v) is 4.57. The summed E-state index contributed by atoms with van der Waals surface area (Å²) in [6.07, 6.45) is 19.5. The van der Waals surface area contributed by atoms with Crippen LogP contribution in [0.4, 0.5) is 17.3 Å². The number of nitro groups is 1. The van der Waals surface area contributed by atoms with Gasteiger partial charge in [-0.3, -0.25) is 10.1 Å². The number of hydrogen-bond acceptors (Lipinski definition) is 8. The van der Waals surface area contributed by atoms with Crippen molar-refractivity contribution < 1.29 is 14.4 Å². The molecule has 37 heavy (non-hydrogen) atoms. The fraction of sp³-hybridized carbons (Fsp3) is 0.643. The number of fused-ring (bicyclic) bond motifs is 1. The van der Waals surface area contributed by atoms with Crippen molar-refractivity contribution in [2.24, 2.45) is 0 Å². The van der Waals surface area contributed by atoms with Gasteiger partial charge in [-0.15, -0.1) is 0 Å². The van der Waals surface area contributed by atoms with Gasteiger partial charge >= 0.3 is 5.69 Å². The molecule has 0 unspecified atom stereocenters. The molecule has 1 aliphatic rings. The van der Waals surface area contributed by atoms with Crippen LogP contribution in [-0.2, 0) is 6.54 Å². The molecular formula is C28H43N5O4. The molecule has 204 valence electrons. The molecule has 1 aliphatic heterocycles. The highest BCUT2D eigenvalue weighted by molar-refractivity contribution is 5.69. The molecule has 0 radical (unpaired) electrons. The summed E-state index contributed by atoms with van der Waals surface area (Å²) in [5.41, 5.74) is 0.780. The quantitative estimate of drug-likeness (QED) is 0.106. The Hall–Kier alpha value is -3.10. The Morgan fingerprint density at radius 1 is 0.811 bits per heavy atom. The molecule has 9 heteroatoms. The number of rotatable bonds is 20. The normalized spacial score (nSPS) is 12.0. The van der Waals surface area contributed by atoms with Crippen LogP contribution in [0, 0.1) is 10.1 Å². The molecule has 2 aromatic rings. The van der Waals surface area contributed by atoms with Gasteiger partial charge in [0.05, 0.1) is 4.92 Å². The second kappa shape index (κ2) is 16.6. The molecule has 3 rings (SSSR count). The van der Waals surface area contributed by atoms with E-state index < -0.39 is 4.92 Å². The Bertz CT molecular complexity index is 956. The summed E-state index contributed by atoms with van der Waals surface area (Å²) < 4.78 is 10.7. The van der Waals surface area contributed by atoms with Gasteiger partial charge in [0, 0.05) is 13.1 Å². The van der Waals surface area contributed by atoms with Crippen LogP contribution in [0.5, 0.6) is 11.5 Å². The zero-order valence-electron chi connectivity index (χ0n) is 22.3. The summed E-state index contributed by atoms with van der Waals surface area (Å²) in [6, 6.07) is 5.58. The van der Waals surface area contributed by atoms with E-state index in [4.69, 9.17) is 9.47 Å². The van der Waals surface area contributed by atoms with Crippen LogP contribution >= 0.6 is 0 Å². The van der Waals surface area contributed by atoms with Crippen molar-refractivity contribution in [3.63, 3.8) is 0 Å². The number of aromatic nitrogens is 2. The maximum absolute atomic E-state index is 11.8. The lowest BCUT2D eigenvalue weighted by Crippen LogP contribution is -2.10. The first kappa shape index (κ1) is 28.5. The van der Waals surface area contributed by atoms with Crippen LogP contribution in [0.25, 0.3) is 0 Å². The Morgan fingerprint density at radius 3 is 2.00 bits per heavy atom. The average Bonchev–Trinajstić information content (AvgIpc) is 3.37. The number of hydrogen-bond donors (Lipinski definition) is 2. The lowest BCUT2D eigenvalue weighted by molar-refractivity contribution is -0.383. The lowest BCUT2D eigenvalue weighted by Gasteiger charge is -2.10. The third kappa shape index (κ3) is 10.1. The maximum atomic E-state index is 11.8. The zero-order valence-corrected chi connectivity index (χ0v) is 22.3. The molecule has 1 aromatic carbocycles. The van der Waals surface area contributed by atoms with E-state index in [1.54, 1.807) is 0 Å². The monoisotopic (exact) mass is 513 g/mol. The summed E-state index contributed by atoms with van der Waals surface area (Å²) in [4.78, 5) is 19.6. The minimum Gasteiger partial charge on any atom is -0.454 e. The number of anilines is 2. The second-order valence-corrected chi connectivity index (χ2v) is 9.74. The molecule has 0 spiro atoms. The van der Waals surface area contributed by atoms with E-state index >= 15 is 0 Å². The van der Waals surface area contributed by atoms with E-state index in [1.165, 1.54) is 83.4 Å². The topological polar surface area (TPSA) is 111 Å². The molecule has 0 saturated carbocycles. The Morgan fingerprint density at radius 2 is 1.38 bits per heavy atom. The molecule has 2 heterocycles. The smallest absolute Gasteiger partial charge is 0.353 e. The van der Waals surface area contributed by atoms with Gasteiger partial charge in [0.1, 0.15) is 6.33 Å². The average molecular weight is 514 g/mol. The summed E-state index contributed by atoms with van der Waals surface area (Å²) in [5.74, 6) is 1.82. The van der Waals surface area contributed by atoms with E-state index in [1.807, 2.05) is 18.2 Å². The molecule has 2 N–H and O–H groups in total. The van der Waals surface area contributed by atoms with Crippen molar-refractivity contribution in [1.29, 1.82) is 0 Å². The highest BCUT2D eigenvalue weighted by Gasteiger charge is 2.23. The van der Waals surface area contributed by atoms with Gasteiger partial charge in [-0.2, -0.15) is 0 Å². The zero-order chi connectivity index (χ0) is 26.1. The second-order valence-electron chi connectivity index (χ2n) is 9.74. The van der Waals surface area contributed by atoms with Crippen LogP contribution in [0.15, 0.2) is 24.5 Å². The van der Waals surface area contributed by atoms with Crippen molar-refractivity contribution in [3.8, 4) is 11.5 Å². The van der Waals surface area contributed by atoms with Crippen LogP contribution in [0.2, 0.25) is 0 Å². The van der Waals surface area contributed by atoms with Gasteiger partial charge in [-0.1, -0.05) is 96.5 Å². The van der Waals surface area contributed by atoms with E-state index in [-0.39, 0.29) is 24.1 Å². The first-order valence-corrected chi connectivity index (χ1v) is 14.0. The van der Waals surface area contributed by atoms with Crippen LogP contribution < -0.4 is 20.1 Å². The maximum Gasteiger partial charge on any atom is 0.353 e. The van der Waals surface area contributed by atoms with E-state index in [2.05, 4.69) is 27.5 Å². The Labute approximate surface area is 220 Å². The predicted molar refractivity (Wildman–Crippen MR) is 147 cm³/mol. The Kier molecular flexibility index (Phi) is 12.8. The first-order chi connectivity index (χ1) is 18.2. The summed E-state index contributed by atoms with van der Waals surface area (Å²) in [7, 11) is 0. The molecular weight excluding hydrogens is 470 g/mol. The van der Waals surface area contributed by atoms with Gasteiger partial charge < -0.3 is 20.1 Å². The van der Waals surface area contributed by atoms with Crippen LogP contribution in [-0.4, -0.2) is 28.2 Å². The number of ether oxygens (including phenoxy) is 2. The molecule has 0 amide bonds. The number of benzene rings is 1. The van der Waals surface area contributed by atoms with Gasteiger partial charge in [0.2, 0.25) is 18.4 Å². The SMILES string of the molecule is CCCCCCCCCCCCCCCCNc1ncnc(NCc2ccc3c(c2)OCO3)c1[N+](=O)[O-]. The van der Waals surface area contributed by atoms with E-state index in [0.717, 1.165) is 18.4 Å². The molecule has 0 atom stereocenters. The van der Waals surface area contributed by atoms with Crippen LogP contribution in [0.1, 0.15) is 102 Å². The summed E-state index contributed by atoms with van der Waals surface area (Å²) >= 11 is 0. The number of nitrogens with one attached hydrogen (secondary N) is 2. The van der Waals surface area contributed by atoms with Crippen molar-refractivity contribution in [2.75, 3.05) is 24.0 Å². The molecule has 1 aromatic heterocycles. The van der Waals surface area contributed by atoms with Crippen molar-refractivity contribution in [1.82, 2.24) is 9.97 Å². The predicted octanol–water partition coefficient (Wildman–Crippen LogP) is 7.62. The fourth-order valence-electron chi connectivity index (χ4n) is 4.57. The third-order valence-corrected chi connectivity index (χ3v) is 6.72. The minimum atomic E-state index is -0.435. The molecule has 0 saturated heterocycles. The lowest BCUT2D eigenvalue weighted by atomic mass is 10.0. The van der Waals surface area contributed by atoms with Gasteiger partial charge in [-0.25, -0.2) is 9.97 Å². The molecule has 0 aliphatic carbocycles. The first-order valence-electron chi connectivity index (χ1n) is 14.0. The highest BCUT2D eigenvalue weighted by atomic mass is 16.7. The highest BCUT2D eigenvalue weighted by Crippen LogP contribution is 2.33.